The number of fused-ring (bicyclic) bond motifs is 3. The van der Waals surface area contributed by atoms with Crippen LogP contribution >= 0.6 is 11.6 Å². The van der Waals surface area contributed by atoms with Gasteiger partial charge in [-0.25, -0.2) is 14.4 Å². The summed E-state index contributed by atoms with van der Waals surface area (Å²) in [5.74, 6) is -2.89. The molecule has 4 N–H and O–H groups in total. The SMILES string of the molecule is O=C(O)c1ccc2[nH]ccc(=O)c2c1.O=C(O)c1ccc2nccc(Cl)c2c1.O=C1C=Cc2cc(C(=O)O)ccc2C1. The Hall–Kier alpha value is -5.61. The predicted molar refractivity (Wildman–Crippen MR) is 156 cm³/mol. The van der Waals surface area contributed by atoms with Crippen molar-refractivity contribution in [2.75, 3.05) is 0 Å². The lowest BCUT2D eigenvalue weighted by Crippen LogP contribution is -2.06. The van der Waals surface area contributed by atoms with Gasteiger partial charge in [0.1, 0.15) is 0 Å². The van der Waals surface area contributed by atoms with Crippen LogP contribution in [0, 0.1) is 0 Å². The van der Waals surface area contributed by atoms with Crippen LogP contribution in [0.1, 0.15) is 42.2 Å². The topological polar surface area (TPSA) is 175 Å². The van der Waals surface area contributed by atoms with E-state index in [9.17, 15) is 24.0 Å². The van der Waals surface area contributed by atoms with Crippen LogP contribution in [0.2, 0.25) is 5.02 Å². The van der Waals surface area contributed by atoms with Gasteiger partial charge in [0.15, 0.2) is 11.2 Å². The third-order valence-corrected chi connectivity index (χ3v) is 6.48. The van der Waals surface area contributed by atoms with E-state index in [2.05, 4.69) is 9.97 Å². The second kappa shape index (κ2) is 12.7. The Morgan fingerprint density at radius 3 is 2.05 bits per heavy atom. The van der Waals surface area contributed by atoms with Crippen LogP contribution in [0.4, 0.5) is 0 Å². The molecule has 210 valence electrons. The van der Waals surface area contributed by atoms with E-state index in [4.69, 9.17) is 26.9 Å². The highest BCUT2D eigenvalue weighted by Gasteiger charge is 2.12. The van der Waals surface area contributed by atoms with E-state index in [1.807, 2.05) is 0 Å². The first-order chi connectivity index (χ1) is 20.0. The van der Waals surface area contributed by atoms with Gasteiger partial charge in [-0.3, -0.25) is 14.6 Å². The van der Waals surface area contributed by atoms with Crippen molar-refractivity contribution < 1.29 is 34.5 Å². The summed E-state index contributed by atoms with van der Waals surface area (Å²) in [7, 11) is 0. The number of halogens is 1. The third kappa shape index (κ3) is 6.93. The number of aromatic amines is 1. The van der Waals surface area contributed by atoms with Crippen LogP contribution < -0.4 is 5.43 Å². The average Bonchev–Trinajstić information content (AvgIpc) is 2.97. The molecule has 5 aromatic rings. The quantitative estimate of drug-likeness (QED) is 0.218. The number of aromatic nitrogens is 2. The monoisotopic (exact) mass is 584 g/mol. The highest BCUT2D eigenvalue weighted by atomic mass is 35.5. The molecule has 2 heterocycles. The van der Waals surface area contributed by atoms with E-state index in [0.29, 0.717) is 33.2 Å². The molecule has 0 atom stereocenters. The molecule has 0 bridgehead atoms. The first kappa shape index (κ1) is 29.4. The molecule has 0 amide bonds. The zero-order chi connectivity index (χ0) is 30.4. The minimum absolute atomic E-state index is 0.0561. The summed E-state index contributed by atoms with van der Waals surface area (Å²) in [5.41, 5.74) is 3.46. The summed E-state index contributed by atoms with van der Waals surface area (Å²) in [6, 6.07) is 16.9. The lowest BCUT2D eigenvalue weighted by atomic mass is 9.95. The van der Waals surface area contributed by atoms with Crippen LogP contribution in [-0.4, -0.2) is 49.0 Å². The summed E-state index contributed by atoms with van der Waals surface area (Å²) in [6.45, 7) is 0. The number of carbonyl (C=O) groups is 4. The number of rotatable bonds is 3. The van der Waals surface area contributed by atoms with Gasteiger partial charge >= 0.3 is 17.9 Å². The lowest BCUT2D eigenvalue weighted by Gasteiger charge is -2.09. The van der Waals surface area contributed by atoms with E-state index in [1.165, 1.54) is 48.7 Å². The molecule has 0 spiro atoms. The molecule has 0 unspecified atom stereocenters. The normalized spacial score (nSPS) is 11.5. The van der Waals surface area contributed by atoms with E-state index < -0.39 is 17.9 Å². The maximum Gasteiger partial charge on any atom is 0.335 e. The minimum Gasteiger partial charge on any atom is -0.478 e. The van der Waals surface area contributed by atoms with Crippen molar-refractivity contribution >= 4 is 63.2 Å². The van der Waals surface area contributed by atoms with Crippen molar-refractivity contribution in [2.24, 2.45) is 0 Å². The fourth-order valence-electron chi connectivity index (χ4n) is 4.02. The molecule has 0 saturated heterocycles. The Kier molecular flexibility index (Phi) is 8.89. The molecule has 1 aliphatic carbocycles. The molecule has 2 aromatic heterocycles. The number of pyridine rings is 2. The summed E-state index contributed by atoms with van der Waals surface area (Å²) in [5, 5.41) is 27.8. The van der Waals surface area contributed by atoms with Gasteiger partial charge < -0.3 is 20.3 Å². The molecular weight excluding hydrogens is 564 g/mol. The maximum atomic E-state index is 11.3. The number of carboxylic acids is 3. The van der Waals surface area contributed by atoms with E-state index in [-0.39, 0.29) is 27.9 Å². The molecule has 11 heteroatoms. The van der Waals surface area contributed by atoms with Gasteiger partial charge in [-0.1, -0.05) is 23.7 Å². The maximum absolute atomic E-state index is 11.3. The average molecular weight is 585 g/mol. The smallest absolute Gasteiger partial charge is 0.335 e. The highest BCUT2D eigenvalue weighted by Crippen LogP contribution is 2.22. The Morgan fingerprint density at radius 1 is 0.738 bits per heavy atom. The Bertz CT molecular complexity index is 1960. The molecule has 0 radical (unpaired) electrons. The van der Waals surface area contributed by atoms with Gasteiger partial charge in [0.05, 0.1) is 27.2 Å². The van der Waals surface area contributed by atoms with Gasteiger partial charge in [-0.15, -0.1) is 0 Å². The van der Waals surface area contributed by atoms with Crippen molar-refractivity contribution in [2.45, 2.75) is 6.42 Å². The van der Waals surface area contributed by atoms with Gasteiger partial charge in [0.25, 0.3) is 0 Å². The summed E-state index contributed by atoms with van der Waals surface area (Å²) in [6.07, 6.45) is 6.63. The van der Waals surface area contributed by atoms with E-state index >= 15 is 0 Å². The number of hydrogen-bond donors (Lipinski definition) is 4. The van der Waals surface area contributed by atoms with E-state index in [1.54, 1.807) is 42.6 Å². The fourth-order valence-corrected chi connectivity index (χ4v) is 4.23. The minimum atomic E-state index is -1.03. The lowest BCUT2D eigenvalue weighted by molar-refractivity contribution is -0.114. The summed E-state index contributed by atoms with van der Waals surface area (Å²) >= 11 is 5.90. The number of carboxylic acid groups (broad SMARTS) is 3. The number of ketones is 1. The molecule has 0 fully saturated rings. The highest BCUT2D eigenvalue weighted by molar-refractivity contribution is 6.35. The van der Waals surface area contributed by atoms with Crippen molar-refractivity contribution in [1.82, 2.24) is 9.97 Å². The Labute approximate surface area is 242 Å². The second-order valence-corrected chi connectivity index (χ2v) is 9.34. The van der Waals surface area contributed by atoms with Crippen LogP contribution in [0.25, 0.3) is 27.9 Å². The first-order valence-electron chi connectivity index (χ1n) is 12.2. The van der Waals surface area contributed by atoms with Gasteiger partial charge in [-0.05, 0) is 71.8 Å². The molecule has 1 aliphatic rings. The number of nitrogens with zero attached hydrogens (tertiary/aromatic N) is 1. The summed E-state index contributed by atoms with van der Waals surface area (Å²) < 4.78 is 0. The molecule has 3 aromatic carbocycles. The number of H-pyrrole nitrogens is 1. The predicted octanol–water partition coefficient (Wildman–Crippen LogP) is 5.34. The zero-order valence-electron chi connectivity index (χ0n) is 21.6. The third-order valence-electron chi connectivity index (χ3n) is 6.15. The van der Waals surface area contributed by atoms with Crippen molar-refractivity contribution in [1.29, 1.82) is 0 Å². The second-order valence-electron chi connectivity index (χ2n) is 8.93. The number of hydrogen-bond acceptors (Lipinski definition) is 6. The van der Waals surface area contributed by atoms with Crippen molar-refractivity contribution in [3.63, 3.8) is 0 Å². The Balaban J connectivity index is 0.000000145. The number of aromatic carboxylic acids is 3. The number of benzene rings is 3. The number of allylic oxidation sites excluding steroid dienone is 1. The molecule has 10 nitrogen and oxygen atoms in total. The molecule has 42 heavy (non-hydrogen) atoms. The van der Waals surface area contributed by atoms with Crippen LogP contribution in [-0.2, 0) is 11.2 Å². The van der Waals surface area contributed by atoms with Crippen LogP contribution in [0.5, 0.6) is 0 Å². The first-order valence-corrected chi connectivity index (χ1v) is 12.6. The standard InChI is InChI=1S/C11H8O3.C10H6ClNO2.C10H7NO3/c12-10-4-3-7-5-9(11(13)14)2-1-8(7)6-10;11-8-3-4-12-9-2-1-6(10(13)14)5-7(8)9;12-9-3-4-11-8-2-1-6(10(13)14)5-7(8)9/h1-5H,6H2,(H,13,14);1-5H,(H,13,14);1-5H,(H,11,12)(H,13,14). The van der Waals surface area contributed by atoms with Gasteiger partial charge in [0.2, 0.25) is 0 Å². The fraction of sp³-hybridized carbons (Fsp3) is 0.0323. The van der Waals surface area contributed by atoms with Crippen LogP contribution in [0.15, 0.2) is 90.0 Å². The molecule has 6 rings (SSSR count). The summed E-state index contributed by atoms with van der Waals surface area (Å²) in [4.78, 5) is 61.3. The molecule has 0 aliphatic heterocycles. The van der Waals surface area contributed by atoms with Gasteiger partial charge in [-0.2, -0.15) is 0 Å². The largest absolute Gasteiger partial charge is 0.478 e. The number of carbonyl (C=O) groups excluding carboxylic acids is 1. The van der Waals surface area contributed by atoms with Crippen LogP contribution in [0.3, 0.4) is 0 Å². The zero-order valence-corrected chi connectivity index (χ0v) is 22.3. The molecule has 0 saturated carbocycles. The Morgan fingerprint density at radius 2 is 1.36 bits per heavy atom. The van der Waals surface area contributed by atoms with Crippen molar-refractivity contribution in [3.8, 4) is 0 Å². The van der Waals surface area contributed by atoms with Crippen molar-refractivity contribution in [3.05, 3.63) is 128 Å². The van der Waals surface area contributed by atoms with E-state index in [0.717, 1.165) is 11.1 Å². The molecular formula is C31H21ClN2O8. The van der Waals surface area contributed by atoms with Gasteiger partial charge in [0, 0.05) is 41.2 Å². The number of nitrogens with one attached hydrogen (secondary N) is 1.